The number of anilines is 3. The highest BCUT2D eigenvalue weighted by molar-refractivity contribution is 6.00. The minimum atomic E-state index is -0.935. The van der Waals surface area contributed by atoms with E-state index in [1.165, 1.54) is 6.26 Å². The van der Waals surface area contributed by atoms with E-state index in [4.69, 9.17) is 4.42 Å². The van der Waals surface area contributed by atoms with E-state index in [1.807, 2.05) is 18.2 Å². The Labute approximate surface area is 161 Å². The van der Waals surface area contributed by atoms with Crippen LogP contribution in [0.15, 0.2) is 77.4 Å². The SMILES string of the molecule is O=C(NCC(O)c1ccco1)Nc1cccc(NC(=O)Nc2ccccc2)c1. The van der Waals surface area contributed by atoms with Gasteiger partial charge in [-0.2, -0.15) is 0 Å². The third-order valence-corrected chi connectivity index (χ3v) is 3.74. The highest BCUT2D eigenvalue weighted by atomic mass is 16.4. The van der Waals surface area contributed by atoms with Crippen LogP contribution in [0, 0.1) is 0 Å². The van der Waals surface area contributed by atoms with Gasteiger partial charge in [0.15, 0.2) is 0 Å². The number of amides is 4. The minimum Gasteiger partial charge on any atom is -0.467 e. The lowest BCUT2D eigenvalue weighted by Crippen LogP contribution is -2.32. The molecule has 0 aliphatic heterocycles. The summed E-state index contributed by atoms with van der Waals surface area (Å²) in [6.07, 6.45) is 0.515. The van der Waals surface area contributed by atoms with Gasteiger partial charge in [-0.05, 0) is 42.5 Å². The number of para-hydroxylation sites is 1. The lowest BCUT2D eigenvalue weighted by Gasteiger charge is -2.12. The van der Waals surface area contributed by atoms with Gasteiger partial charge in [-0.3, -0.25) is 0 Å². The van der Waals surface area contributed by atoms with Crippen molar-refractivity contribution in [1.82, 2.24) is 5.32 Å². The predicted molar refractivity (Wildman–Crippen MR) is 106 cm³/mol. The molecule has 1 heterocycles. The van der Waals surface area contributed by atoms with Gasteiger partial charge in [0.1, 0.15) is 11.9 Å². The van der Waals surface area contributed by atoms with Crippen LogP contribution in [0.3, 0.4) is 0 Å². The van der Waals surface area contributed by atoms with E-state index < -0.39 is 18.2 Å². The summed E-state index contributed by atoms with van der Waals surface area (Å²) in [7, 11) is 0. The average Bonchev–Trinajstić information content (AvgIpc) is 3.22. The Morgan fingerprint density at radius 2 is 1.46 bits per heavy atom. The number of carbonyl (C=O) groups excluding carboxylic acids is 2. The molecule has 28 heavy (non-hydrogen) atoms. The van der Waals surface area contributed by atoms with Crippen LogP contribution in [0.5, 0.6) is 0 Å². The molecule has 0 radical (unpaired) electrons. The Balaban J connectivity index is 1.50. The number of hydrogen-bond donors (Lipinski definition) is 5. The van der Waals surface area contributed by atoms with Crippen molar-refractivity contribution in [2.24, 2.45) is 0 Å². The van der Waals surface area contributed by atoms with Crippen molar-refractivity contribution in [3.05, 3.63) is 78.8 Å². The van der Waals surface area contributed by atoms with Crippen LogP contribution in [0.25, 0.3) is 0 Å². The van der Waals surface area contributed by atoms with Crippen LogP contribution < -0.4 is 21.3 Å². The summed E-state index contributed by atoms with van der Waals surface area (Å²) >= 11 is 0. The minimum absolute atomic E-state index is 0.00321. The molecule has 0 fully saturated rings. The molecule has 0 aliphatic carbocycles. The molecule has 3 aromatic rings. The summed E-state index contributed by atoms with van der Waals surface area (Å²) in [4.78, 5) is 24.0. The third kappa shape index (κ3) is 5.61. The first-order valence-corrected chi connectivity index (χ1v) is 8.59. The van der Waals surface area contributed by atoms with Crippen LogP contribution in [-0.2, 0) is 0 Å². The van der Waals surface area contributed by atoms with Crippen molar-refractivity contribution < 1.29 is 19.1 Å². The molecule has 0 saturated heterocycles. The number of nitrogens with one attached hydrogen (secondary N) is 4. The first-order valence-electron chi connectivity index (χ1n) is 8.59. The second-order valence-electron chi connectivity index (χ2n) is 5.89. The molecule has 2 aromatic carbocycles. The van der Waals surface area contributed by atoms with E-state index in [0.29, 0.717) is 22.8 Å². The van der Waals surface area contributed by atoms with Crippen LogP contribution in [0.4, 0.5) is 26.7 Å². The zero-order valence-corrected chi connectivity index (χ0v) is 14.9. The fourth-order valence-electron chi connectivity index (χ4n) is 2.44. The number of rotatable bonds is 6. The van der Waals surface area contributed by atoms with Gasteiger partial charge < -0.3 is 30.8 Å². The van der Waals surface area contributed by atoms with E-state index >= 15 is 0 Å². The maximum Gasteiger partial charge on any atom is 0.323 e. The van der Waals surface area contributed by atoms with Gasteiger partial charge in [-0.1, -0.05) is 24.3 Å². The summed E-state index contributed by atoms with van der Waals surface area (Å²) in [6, 6.07) is 18.2. The molecule has 0 bridgehead atoms. The summed E-state index contributed by atoms with van der Waals surface area (Å²) < 4.78 is 5.07. The highest BCUT2D eigenvalue weighted by Crippen LogP contribution is 2.16. The fourth-order valence-corrected chi connectivity index (χ4v) is 2.44. The zero-order valence-electron chi connectivity index (χ0n) is 14.9. The maximum absolute atomic E-state index is 12.0. The molecular weight excluding hydrogens is 360 g/mol. The number of furan rings is 1. The quantitative estimate of drug-likeness (QED) is 0.447. The number of carbonyl (C=O) groups is 2. The molecule has 8 heteroatoms. The van der Waals surface area contributed by atoms with Crippen LogP contribution >= 0.6 is 0 Å². The van der Waals surface area contributed by atoms with Crippen molar-refractivity contribution in [3.8, 4) is 0 Å². The monoisotopic (exact) mass is 380 g/mol. The second-order valence-corrected chi connectivity index (χ2v) is 5.89. The molecule has 0 aliphatic rings. The second kappa shape index (κ2) is 9.24. The molecule has 1 unspecified atom stereocenters. The Morgan fingerprint density at radius 3 is 2.14 bits per heavy atom. The Kier molecular flexibility index (Phi) is 6.27. The van der Waals surface area contributed by atoms with Gasteiger partial charge in [0, 0.05) is 17.1 Å². The molecule has 4 amide bonds. The van der Waals surface area contributed by atoms with Gasteiger partial charge >= 0.3 is 12.1 Å². The average molecular weight is 380 g/mol. The third-order valence-electron chi connectivity index (χ3n) is 3.74. The smallest absolute Gasteiger partial charge is 0.323 e. The van der Waals surface area contributed by atoms with Crippen molar-refractivity contribution in [3.63, 3.8) is 0 Å². The first kappa shape index (κ1) is 19.0. The maximum atomic E-state index is 12.0. The molecule has 8 nitrogen and oxygen atoms in total. The summed E-state index contributed by atoms with van der Waals surface area (Å²) in [5.74, 6) is 0.371. The number of hydrogen-bond acceptors (Lipinski definition) is 4. The molecule has 0 spiro atoms. The number of benzene rings is 2. The van der Waals surface area contributed by atoms with Crippen LogP contribution in [-0.4, -0.2) is 23.7 Å². The molecule has 144 valence electrons. The van der Waals surface area contributed by atoms with Gasteiger partial charge in [-0.25, -0.2) is 9.59 Å². The van der Waals surface area contributed by atoms with E-state index in [9.17, 15) is 14.7 Å². The van der Waals surface area contributed by atoms with Crippen molar-refractivity contribution in [2.45, 2.75) is 6.10 Å². The molecule has 0 saturated carbocycles. The van der Waals surface area contributed by atoms with Crippen molar-refractivity contribution in [1.29, 1.82) is 0 Å². The number of urea groups is 2. The lowest BCUT2D eigenvalue weighted by atomic mass is 10.2. The van der Waals surface area contributed by atoms with Crippen LogP contribution in [0.1, 0.15) is 11.9 Å². The van der Waals surface area contributed by atoms with Crippen molar-refractivity contribution in [2.75, 3.05) is 22.5 Å². The van der Waals surface area contributed by atoms with Crippen LogP contribution in [0.2, 0.25) is 0 Å². The Bertz CT molecular complexity index is 913. The fraction of sp³-hybridized carbons (Fsp3) is 0.100. The van der Waals surface area contributed by atoms with E-state index in [-0.39, 0.29) is 6.54 Å². The van der Waals surface area contributed by atoms with E-state index in [2.05, 4.69) is 21.3 Å². The number of aliphatic hydroxyl groups excluding tert-OH is 1. The summed E-state index contributed by atoms with van der Waals surface area (Å²) in [5.41, 5.74) is 1.67. The van der Waals surface area contributed by atoms with E-state index in [1.54, 1.807) is 48.5 Å². The zero-order chi connectivity index (χ0) is 19.8. The summed E-state index contributed by atoms with van der Waals surface area (Å²) in [6.45, 7) is -0.00321. The predicted octanol–water partition coefficient (Wildman–Crippen LogP) is 3.78. The first-order chi connectivity index (χ1) is 13.6. The Hall–Kier alpha value is -3.78. The van der Waals surface area contributed by atoms with Gasteiger partial charge in [0.25, 0.3) is 0 Å². The molecular formula is C20H20N4O4. The molecule has 1 atom stereocenters. The molecule has 3 rings (SSSR count). The lowest BCUT2D eigenvalue weighted by molar-refractivity contribution is 0.149. The highest BCUT2D eigenvalue weighted by Gasteiger charge is 2.12. The van der Waals surface area contributed by atoms with E-state index in [0.717, 1.165) is 0 Å². The standard InChI is InChI=1S/C20H20N4O4/c25-17(18-10-5-11-28-18)13-21-19(26)23-15-8-4-9-16(12-15)24-20(27)22-14-6-2-1-3-7-14/h1-12,17,25H,13H2,(H2,21,23,26)(H2,22,24,27). The van der Waals surface area contributed by atoms with Crippen molar-refractivity contribution >= 4 is 29.1 Å². The largest absolute Gasteiger partial charge is 0.467 e. The van der Waals surface area contributed by atoms with Gasteiger partial charge in [0.05, 0.1) is 12.8 Å². The summed E-state index contributed by atoms with van der Waals surface area (Å²) in [5, 5.41) is 20.5. The Morgan fingerprint density at radius 1 is 0.821 bits per heavy atom. The van der Waals surface area contributed by atoms with Gasteiger partial charge in [-0.15, -0.1) is 0 Å². The molecule has 5 N–H and O–H groups in total. The molecule has 1 aromatic heterocycles. The topological polar surface area (TPSA) is 116 Å². The van der Waals surface area contributed by atoms with Gasteiger partial charge in [0.2, 0.25) is 0 Å². The number of aliphatic hydroxyl groups is 1. The normalized spacial score (nSPS) is 11.3.